The summed E-state index contributed by atoms with van der Waals surface area (Å²) in [6.07, 6.45) is 3.72. The molecule has 2 aliphatic heterocycles. The predicted molar refractivity (Wildman–Crippen MR) is 135 cm³/mol. The van der Waals surface area contributed by atoms with Crippen molar-refractivity contribution in [3.8, 4) is 17.2 Å². The molecule has 4 nitrogen and oxygen atoms in total. The molecule has 6 rings (SSSR count). The Morgan fingerprint density at radius 3 is 1.97 bits per heavy atom. The first-order chi connectivity index (χ1) is 16.2. The minimum Gasteiger partial charge on any atom is -0.497 e. The van der Waals surface area contributed by atoms with Gasteiger partial charge < -0.3 is 14.2 Å². The van der Waals surface area contributed by atoms with Gasteiger partial charge in [-0.2, -0.15) is 0 Å². The second kappa shape index (κ2) is 9.32. The SMILES string of the molecule is COc1ccc2c3c(c4cc(OC)c(OC)cc4c2c1)C[C@@H]1CCCN1C3.c1ccccc1. The second-order valence-corrected chi connectivity index (χ2v) is 8.75. The van der Waals surface area contributed by atoms with E-state index in [-0.39, 0.29) is 0 Å². The molecule has 1 fully saturated rings. The summed E-state index contributed by atoms with van der Waals surface area (Å²) in [5, 5.41) is 5.05. The van der Waals surface area contributed by atoms with E-state index >= 15 is 0 Å². The Balaban J connectivity index is 0.000000332. The lowest BCUT2D eigenvalue weighted by Crippen LogP contribution is -2.35. The minimum absolute atomic E-state index is 0.671. The molecule has 1 atom stereocenters. The summed E-state index contributed by atoms with van der Waals surface area (Å²) in [6, 6.07) is 23.4. The van der Waals surface area contributed by atoms with Crippen molar-refractivity contribution < 1.29 is 14.2 Å². The smallest absolute Gasteiger partial charge is 0.161 e. The van der Waals surface area contributed by atoms with E-state index in [1.165, 1.54) is 52.1 Å². The van der Waals surface area contributed by atoms with Crippen LogP contribution >= 0.6 is 0 Å². The van der Waals surface area contributed by atoms with Crippen molar-refractivity contribution in [2.45, 2.75) is 31.8 Å². The van der Waals surface area contributed by atoms with Gasteiger partial charge in [0.1, 0.15) is 5.75 Å². The molecule has 0 amide bonds. The fourth-order valence-electron chi connectivity index (χ4n) is 5.38. The first-order valence-electron chi connectivity index (χ1n) is 11.6. The molecular weight excluding hydrogens is 410 g/mol. The average Bonchev–Trinajstić information content (AvgIpc) is 3.35. The van der Waals surface area contributed by atoms with Crippen LogP contribution in [0.15, 0.2) is 66.7 Å². The van der Waals surface area contributed by atoms with Crippen LogP contribution in [0.2, 0.25) is 0 Å². The van der Waals surface area contributed by atoms with E-state index in [0.29, 0.717) is 6.04 Å². The van der Waals surface area contributed by atoms with Crippen LogP contribution in [0.5, 0.6) is 17.2 Å². The van der Waals surface area contributed by atoms with Gasteiger partial charge in [-0.25, -0.2) is 0 Å². The molecule has 170 valence electrons. The third-order valence-electron chi connectivity index (χ3n) is 7.02. The maximum Gasteiger partial charge on any atom is 0.161 e. The van der Waals surface area contributed by atoms with E-state index in [9.17, 15) is 0 Å². The standard InChI is InChI=1S/C23H25NO3.C6H6/c1-25-15-6-7-16-18(10-15)20-12-23(27-3)22(26-2)11-19(20)17-9-14-5-4-8-24(14)13-21(16)17;1-2-4-6-5-3-1/h6-7,10-12,14H,4-5,8-9,13H2,1-3H3;1-6H/t14-;/m0./s1. The molecule has 4 aromatic rings. The summed E-state index contributed by atoms with van der Waals surface area (Å²) in [6.45, 7) is 2.25. The maximum atomic E-state index is 5.62. The number of benzene rings is 4. The predicted octanol–water partition coefficient (Wildman–Crippen LogP) is 6.23. The Labute approximate surface area is 195 Å². The van der Waals surface area contributed by atoms with Crippen molar-refractivity contribution in [3.05, 3.63) is 77.9 Å². The molecule has 0 radical (unpaired) electrons. The molecule has 2 heterocycles. The highest BCUT2D eigenvalue weighted by molar-refractivity contribution is 6.12. The van der Waals surface area contributed by atoms with E-state index in [4.69, 9.17) is 14.2 Å². The number of fused-ring (bicyclic) bond motifs is 7. The first kappa shape index (κ1) is 21.6. The monoisotopic (exact) mass is 441 g/mol. The van der Waals surface area contributed by atoms with E-state index in [2.05, 4.69) is 35.2 Å². The molecule has 0 unspecified atom stereocenters. The highest BCUT2D eigenvalue weighted by Crippen LogP contribution is 2.44. The van der Waals surface area contributed by atoms with Crippen LogP contribution in [-0.2, 0) is 13.0 Å². The molecule has 0 aliphatic carbocycles. The molecular formula is C29H31NO3. The van der Waals surface area contributed by atoms with Gasteiger partial charge in [0.05, 0.1) is 21.3 Å². The van der Waals surface area contributed by atoms with Crippen molar-refractivity contribution in [1.29, 1.82) is 0 Å². The highest BCUT2D eigenvalue weighted by Gasteiger charge is 2.32. The highest BCUT2D eigenvalue weighted by atomic mass is 16.5. The number of hydrogen-bond acceptors (Lipinski definition) is 4. The zero-order chi connectivity index (χ0) is 22.8. The Hall–Kier alpha value is -3.24. The topological polar surface area (TPSA) is 30.9 Å². The van der Waals surface area contributed by atoms with Crippen molar-refractivity contribution >= 4 is 21.5 Å². The summed E-state index contributed by atoms with van der Waals surface area (Å²) < 4.78 is 16.7. The summed E-state index contributed by atoms with van der Waals surface area (Å²) in [5.41, 5.74) is 2.94. The van der Waals surface area contributed by atoms with E-state index < -0.39 is 0 Å². The van der Waals surface area contributed by atoms with Gasteiger partial charge in [0, 0.05) is 12.6 Å². The molecule has 0 aromatic heterocycles. The normalized spacial score (nSPS) is 17.1. The molecule has 0 bridgehead atoms. The second-order valence-electron chi connectivity index (χ2n) is 8.75. The number of hydrogen-bond donors (Lipinski definition) is 0. The van der Waals surface area contributed by atoms with Crippen molar-refractivity contribution in [2.75, 3.05) is 27.9 Å². The first-order valence-corrected chi connectivity index (χ1v) is 11.6. The van der Waals surface area contributed by atoms with Gasteiger partial charge in [0.15, 0.2) is 11.5 Å². The molecule has 1 saturated heterocycles. The van der Waals surface area contributed by atoms with Crippen LogP contribution in [0.1, 0.15) is 24.0 Å². The van der Waals surface area contributed by atoms with E-state index in [1.54, 1.807) is 21.3 Å². The molecule has 4 heteroatoms. The molecule has 0 N–H and O–H groups in total. The summed E-state index contributed by atoms with van der Waals surface area (Å²) in [7, 11) is 5.13. The van der Waals surface area contributed by atoms with Gasteiger partial charge in [-0.05, 0) is 82.7 Å². The molecule has 0 spiro atoms. The maximum absolute atomic E-state index is 5.62. The van der Waals surface area contributed by atoms with Crippen LogP contribution in [-0.4, -0.2) is 38.8 Å². The van der Waals surface area contributed by atoms with Crippen LogP contribution < -0.4 is 14.2 Å². The van der Waals surface area contributed by atoms with Crippen molar-refractivity contribution in [2.24, 2.45) is 0 Å². The van der Waals surface area contributed by atoms with Gasteiger partial charge >= 0.3 is 0 Å². The lowest BCUT2D eigenvalue weighted by atomic mass is 9.85. The van der Waals surface area contributed by atoms with Gasteiger partial charge in [-0.1, -0.05) is 42.5 Å². The zero-order valence-corrected chi connectivity index (χ0v) is 19.6. The third kappa shape index (κ3) is 4.00. The van der Waals surface area contributed by atoms with Crippen molar-refractivity contribution in [3.63, 3.8) is 0 Å². The van der Waals surface area contributed by atoms with Crippen molar-refractivity contribution in [1.82, 2.24) is 4.90 Å². The van der Waals surface area contributed by atoms with E-state index in [0.717, 1.165) is 30.2 Å². The van der Waals surface area contributed by atoms with Gasteiger partial charge in [-0.15, -0.1) is 0 Å². The lowest BCUT2D eigenvalue weighted by molar-refractivity contribution is 0.229. The Kier molecular flexibility index (Phi) is 6.10. The quantitative estimate of drug-likeness (QED) is 0.353. The largest absolute Gasteiger partial charge is 0.497 e. The summed E-state index contributed by atoms with van der Waals surface area (Å²) in [5.74, 6) is 2.45. The molecule has 33 heavy (non-hydrogen) atoms. The Morgan fingerprint density at radius 1 is 0.697 bits per heavy atom. The number of nitrogens with zero attached hydrogens (tertiary/aromatic N) is 1. The Morgan fingerprint density at radius 2 is 1.33 bits per heavy atom. The van der Waals surface area contributed by atoms with Gasteiger partial charge in [-0.3, -0.25) is 4.90 Å². The minimum atomic E-state index is 0.671. The van der Waals surface area contributed by atoms with Crippen LogP contribution in [0.4, 0.5) is 0 Å². The van der Waals surface area contributed by atoms with Gasteiger partial charge in [0.2, 0.25) is 0 Å². The summed E-state index contributed by atoms with van der Waals surface area (Å²) >= 11 is 0. The average molecular weight is 442 g/mol. The number of rotatable bonds is 3. The number of methoxy groups -OCH3 is 3. The van der Waals surface area contributed by atoms with E-state index in [1.807, 2.05) is 36.4 Å². The fourth-order valence-corrected chi connectivity index (χ4v) is 5.38. The third-order valence-corrected chi connectivity index (χ3v) is 7.02. The van der Waals surface area contributed by atoms with Gasteiger partial charge in [0.25, 0.3) is 0 Å². The Bertz CT molecular complexity index is 1240. The lowest BCUT2D eigenvalue weighted by Gasteiger charge is -2.33. The number of ether oxygens (including phenoxy) is 3. The molecule has 2 aliphatic rings. The molecule has 0 saturated carbocycles. The zero-order valence-electron chi connectivity index (χ0n) is 19.6. The fraction of sp³-hybridized carbons (Fsp3) is 0.310. The summed E-state index contributed by atoms with van der Waals surface area (Å²) in [4.78, 5) is 2.65. The van der Waals surface area contributed by atoms with Crippen LogP contribution in [0, 0.1) is 0 Å². The molecule has 4 aromatic carbocycles. The van der Waals surface area contributed by atoms with Crippen LogP contribution in [0.25, 0.3) is 21.5 Å². The van der Waals surface area contributed by atoms with Crippen LogP contribution in [0.3, 0.4) is 0 Å².